The Balaban J connectivity index is 2.05. The Morgan fingerprint density at radius 1 is 1.45 bits per heavy atom. The standard InChI is InChI=1S/C11H14BrN3O3S2/c1-18-7-8(12)5-6-13-20(16,17)10-4-2-3-9-11(10)15-19-14-9/h2-4,8,13H,5-7H2,1H3. The second-order valence-electron chi connectivity index (χ2n) is 4.13. The van der Waals surface area contributed by atoms with Crippen LogP contribution in [0, 0.1) is 0 Å². The van der Waals surface area contributed by atoms with Gasteiger partial charge in [-0.05, 0) is 18.6 Å². The van der Waals surface area contributed by atoms with E-state index in [4.69, 9.17) is 4.74 Å². The second-order valence-corrected chi connectivity index (χ2v) is 7.69. The van der Waals surface area contributed by atoms with Crippen LogP contribution in [0.2, 0.25) is 0 Å². The van der Waals surface area contributed by atoms with E-state index in [2.05, 4.69) is 29.4 Å². The summed E-state index contributed by atoms with van der Waals surface area (Å²) in [5.41, 5.74) is 1.01. The molecule has 1 aromatic rings. The van der Waals surface area contributed by atoms with Crippen molar-refractivity contribution < 1.29 is 13.2 Å². The number of hydrogen-bond acceptors (Lipinski definition) is 5. The molecular weight excluding hydrogens is 366 g/mol. The molecule has 1 heterocycles. The minimum Gasteiger partial charge on any atom is -0.384 e. The lowest BCUT2D eigenvalue weighted by molar-refractivity contribution is 0.199. The van der Waals surface area contributed by atoms with Gasteiger partial charge < -0.3 is 4.74 Å². The summed E-state index contributed by atoms with van der Waals surface area (Å²) >= 11 is 4.42. The third kappa shape index (κ3) is 3.73. The van der Waals surface area contributed by atoms with Crippen LogP contribution in [0.4, 0.5) is 11.4 Å². The van der Waals surface area contributed by atoms with E-state index >= 15 is 0 Å². The van der Waals surface area contributed by atoms with Crippen molar-refractivity contribution in [1.82, 2.24) is 4.72 Å². The van der Waals surface area contributed by atoms with Crippen molar-refractivity contribution in [3.05, 3.63) is 18.2 Å². The van der Waals surface area contributed by atoms with Gasteiger partial charge in [0.05, 0.1) is 18.0 Å². The number of methoxy groups -OCH3 is 1. The number of halogens is 1. The molecule has 0 bridgehead atoms. The predicted molar refractivity (Wildman–Crippen MR) is 82.4 cm³/mol. The van der Waals surface area contributed by atoms with Crippen LogP contribution in [0.25, 0.3) is 0 Å². The van der Waals surface area contributed by atoms with Crippen molar-refractivity contribution in [2.45, 2.75) is 16.1 Å². The largest absolute Gasteiger partial charge is 0.384 e. The van der Waals surface area contributed by atoms with Gasteiger partial charge in [-0.25, -0.2) is 13.1 Å². The fraction of sp³-hybridized carbons (Fsp3) is 0.455. The van der Waals surface area contributed by atoms with Gasteiger partial charge in [0, 0.05) is 18.5 Å². The number of fused-ring (bicyclic) bond motifs is 1. The number of rotatable bonds is 7. The van der Waals surface area contributed by atoms with Gasteiger partial charge >= 0.3 is 0 Å². The summed E-state index contributed by atoms with van der Waals surface area (Å²) in [6.45, 7) is 0.864. The fourth-order valence-corrected chi connectivity index (χ4v) is 4.00. The maximum atomic E-state index is 12.3. The number of sulfonamides is 1. The maximum absolute atomic E-state index is 12.3. The van der Waals surface area contributed by atoms with E-state index in [-0.39, 0.29) is 9.72 Å². The van der Waals surface area contributed by atoms with E-state index in [0.29, 0.717) is 30.9 Å². The third-order valence-corrected chi connectivity index (χ3v) is 5.39. The van der Waals surface area contributed by atoms with Crippen molar-refractivity contribution in [2.24, 2.45) is 8.73 Å². The molecule has 0 saturated carbocycles. The van der Waals surface area contributed by atoms with Gasteiger partial charge in [-0.3, -0.25) is 0 Å². The van der Waals surface area contributed by atoms with Gasteiger partial charge in [0.1, 0.15) is 16.3 Å². The van der Waals surface area contributed by atoms with E-state index in [1.54, 1.807) is 19.2 Å². The molecule has 110 valence electrons. The van der Waals surface area contributed by atoms with Gasteiger partial charge in [-0.15, -0.1) is 0 Å². The predicted octanol–water partition coefficient (Wildman–Crippen LogP) is 2.49. The molecule has 1 N–H and O–H groups in total. The summed E-state index contributed by atoms with van der Waals surface area (Å²) in [7, 11) is -1.97. The lowest BCUT2D eigenvalue weighted by Gasteiger charge is -2.11. The van der Waals surface area contributed by atoms with E-state index in [0.717, 1.165) is 11.4 Å². The van der Waals surface area contributed by atoms with Gasteiger partial charge in [-0.1, -0.05) is 22.0 Å². The lowest BCUT2D eigenvalue weighted by atomic mass is 10.3. The first-order valence-corrected chi connectivity index (χ1v) is 9.01. The quantitative estimate of drug-likeness (QED) is 0.750. The van der Waals surface area contributed by atoms with Crippen molar-refractivity contribution in [3.8, 4) is 0 Å². The maximum Gasteiger partial charge on any atom is 0.242 e. The number of nitrogens with zero attached hydrogens (tertiary/aromatic N) is 2. The molecule has 1 aliphatic rings. The number of ether oxygens (including phenoxy) is 1. The van der Waals surface area contributed by atoms with E-state index < -0.39 is 10.0 Å². The van der Waals surface area contributed by atoms with Crippen LogP contribution in [0.1, 0.15) is 6.42 Å². The average molecular weight is 380 g/mol. The lowest BCUT2D eigenvalue weighted by Crippen LogP contribution is -2.27. The zero-order chi connectivity index (χ0) is 14.6. The molecule has 1 atom stereocenters. The molecule has 0 spiro atoms. The number of alkyl halides is 1. The van der Waals surface area contributed by atoms with Gasteiger partial charge in [0.25, 0.3) is 0 Å². The molecule has 20 heavy (non-hydrogen) atoms. The van der Waals surface area contributed by atoms with Crippen LogP contribution >= 0.6 is 15.9 Å². The molecule has 1 aromatic carbocycles. The molecule has 0 saturated heterocycles. The van der Waals surface area contributed by atoms with E-state index in [1.165, 1.54) is 6.07 Å². The third-order valence-electron chi connectivity index (χ3n) is 2.64. The first-order valence-electron chi connectivity index (χ1n) is 5.88. The summed E-state index contributed by atoms with van der Waals surface area (Å²) in [6, 6.07) is 4.94. The monoisotopic (exact) mass is 379 g/mol. The van der Waals surface area contributed by atoms with Crippen molar-refractivity contribution in [1.29, 1.82) is 0 Å². The molecule has 0 fully saturated rings. The van der Waals surface area contributed by atoms with Gasteiger partial charge in [0.2, 0.25) is 10.0 Å². The first kappa shape index (κ1) is 15.8. The zero-order valence-corrected chi connectivity index (χ0v) is 14.0. The van der Waals surface area contributed by atoms with Crippen LogP contribution in [0.5, 0.6) is 0 Å². The molecular formula is C11H14BrN3O3S2. The van der Waals surface area contributed by atoms with Crippen LogP contribution in [-0.4, -0.2) is 33.5 Å². The normalized spacial score (nSPS) is 14.9. The van der Waals surface area contributed by atoms with Crippen LogP contribution in [0.3, 0.4) is 0 Å². The smallest absolute Gasteiger partial charge is 0.242 e. The second kappa shape index (κ2) is 6.90. The van der Waals surface area contributed by atoms with E-state index in [9.17, 15) is 8.42 Å². The minimum absolute atomic E-state index is 0.118. The van der Waals surface area contributed by atoms with Gasteiger partial charge in [0.15, 0.2) is 0 Å². The minimum atomic E-state index is -3.57. The SMILES string of the molecule is COCC(Br)CCNS(=O)(=O)c1cccc2c1N=S=N2. The topological polar surface area (TPSA) is 80.1 Å². The van der Waals surface area contributed by atoms with Crippen LogP contribution in [0.15, 0.2) is 31.8 Å². The van der Waals surface area contributed by atoms with Gasteiger partial charge in [-0.2, -0.15) is 8.73 Å². The van der Waals surface area contributed by atoms with E-state index in [1.807, 2.05) is 0 Å². The van der Waals surface area contributed by atoms with Crippen LogP contribution < -0.4 is 4.72 Å². The Kier molecular flexibility index (Phi) is 5.44. The summed E-state index contributed by atoms with van der Waals surface area (Å²) < 4.78 is 40.2. The van der Waals surface area contributed by atoms with Crippen molar-refractivity contribution in [3.63, 3.8) is 0 Å². The molecule has 1 aliphatic heterocycles. The Labute approximate surface area is 130 Å². The molecule has 0 amide bonds. The Morgan fingerprint density at radius 3 is 3.00 bits per heavy atom. The summed E-state index contributed by atoms with van der Waals surface area (Å²) in [5, 5.41) is 0. The molecule has 1 unspecified atom stereocenters. The summed E-state index contributed by atoms with van der Waals surface area (Å²) in [6.07, 6.45) is 0.637. The summed E-state index contributed by atoms with van der Waals surface area (Å²) in [5.74, 6) is 0. The Hall–Kier alpha value is -0.610. The zero-order valence-electron chi connectivity index (χ0n) is 10.7. The number of nitrogens with one attached hydrogen (secondary N) is 1. The highest BCUT2D eigenvalue weighted by atomic mass is 79.9. The average Bonchev–Trinajstić information content (AvgIpc) is 2.86. The Morgan fingerprint density at radius 2 is 2.25 bits per heavy atom. The molecule has 0 aliphatic carbocycles. The molecule has 0 radical (unpaired) electrons. The highest BCUT2D eigenvalue weighted by Gasteiger charge is 2.22. The Bertz CT molecular complexity index is 657. The molecule has 0 aromatic heterocycles. The highest BCUT2D eigenvalue weighted by Crippen LogP contribution is 2.37. The summed E-state index contributed by atoms with van der Waals surface area (Å²) in [4.78, 5) is 0.286. The molecule has 9 heteroatoms. The van der Waals surface area contributed by atoms with Crippen molar-refractivity contribution >= 4 is 48.7 Å². The number of hydrogen-bond donors (Lipinski definition) is 1. The molecule has 6 nitrogen and oxygen atoms in total. The van der Waals surface area contributed by atoms with Crippen LogP contribution in [-0.2, 0) is 26.1 Å². The highest BCUT2D eigenvalue weighted by molar-refractivity contribution is 9.09. The number of benzene rings is 1. The van der Waals surface area contributed by atoms with Crippen molar-refractivity contribution in [2.75, 3.05) is 20.3 Å². The first-order chi connectivity index (χ1) is 9.54. The fourth-order valence-electron chi connectivity index (χ4n) is 1.69. The molecule has 2 rings (SSSR count).